The Kier molecular flexibility index (Phi) is 5.05. The van der Waals surface area contributed by atoms with E-state index in [0.717, 1.165) is 29.5 Å². The van der Waals surface area contributed by atoms with Gasteiger partial charge in [0.2, 0.25) is 0 Å². The molecule has 0 aliphatic heterocycles. The molecule has 0 saturated heterocycles. The van der Waals surface area contributed by atoms with E-state index in [1.54, 1.807) is 17.8 Å². The van der Waals surface area contributed by atoms with Gasteiger partial charge in [0, 0.05) is 28.2 Å². The normalized spacial score (nSPS) is 12.7. The highest BCUT2D eigenvalue weighted by Gasteiger charge is 2.13. The lowest BCUT2D eigenvalue weighted by molar-refractivity contribution is 0.285. The second-order valence-electron chi connectivity index (χ2n) is 4.47. The molecule has 0 bridgehead atoms. The maximum absolute atomic E-state index is 11.6. The van der Waals surface area contributed by atoms with E-state index >= 15 is 0 Å². The van der Waals surface area contributed by atoms with Gasteiger partial charge in [-0.25, -0.2) is 4.79 Å². The summed E-state index contributed by atoms with van der Waals surface area (Å²) in [5, 5.41) is 10.4. The highest BCUT2D eigenvalue weighted by Crippen LogP contribution is 2.32. The van der Waals surface area contributed by atoms with E-state index in [1.165, 1.54) is 0 Å². The lowest BCUT2D eigenvalue weighted by atomic mass is 10.2. The standard InChI is InChI=1S/C15H18O3S/c1-2-5-11(8-9-16)19-14-10-15(17)18-13-7-4-3-6-12(13)14/h3-4,6-7,10-11,16H,2,5,8-9H2,1H3. The average molecular weight is 278 g/mol. The van der Waals surface area contributed by atoms with Gasteiger partial charge in [-0.1, -0.05) is 31.5 Å². The number of fused-ring (bicyclic) bond motifs is 1. The zero-order valence-electron chi connectivity index (χ0n) is 11.0. The zero-order chi connectivity index (χ0) is 13.7. The van der Waals surface area contributed by atoms with Crippen molar-refractivity contribution >= 4 is 22.7 Å². The van der Waals surface area contributed by atoms with Crippen LogP contribution in [0.5, 0.6) is 0 Å². The Labute approximate surface area is 116 Å². The molecule has 2 rings (SSSR count). The summed E-state index contributed by atoms with van der Waals surface area (Å²) in [4.78, 5) is 12.5. The Morgan fingerprint density at radius 1 is 1.32 bits per heavy atom. The summed E-state index contributed by atoms with van der Waals surface area (Å²) in [6.45, 7) is 2.30. The van der Waals surface area contributed by atoms with Gasteiger partial charge in [0.05, 0.1) is 0 Å². The van der Waals surface area contributed by atoms with E-state index in [4.69, 9.17) is 9.52 Å². The molecule has 1 N–H and O–H groups in total. The van der Waals surface area contributed by atoms with E-state index < -0.39 is 0 Å². The van der Waals surface area contributed by atoms with Gasteiger partial charge in [0.15, 0.2) is 0 Å². The van der Waals surface area contributed by atoms with E-state index in [2.05, 4.69) is 6.92 Å². The molecule has 4 heteroatoms. The van der Waals surface area contributed by atoms with Crippen molar-refractivity contribution in [1.29, 1.82) is 0 Å². The number of aliphatic hydroxyl groups excluding tert-OH is 1. The summed E-state index contributed by atoms with van der Waals surface area (Å²) < 4.78 is 5.19. The number of aliphatic hydroxyl groups is 1. The number of hydrogen-bond acceptors (Lipinski definition) is 4. The van der Waals surface area contributed by atoms with Crippen LogP contribution in [-0.2, 0) is 0 Å². The minimum atomic E-state index is -0.319. The molecule has 0 fully saturated rings. The highest BCUT2D eigenvalue weighted by molar-refractivity contribution is 8.00. The zero-order valence-corrected chi connectivity index (χ0v) is 11.8. The van der Waals surface area contributed by atoms with Crippen LogP contribution in [0.25, 0.3) is 11.0 Å². The van der Waals surface area contributed by atoms with Crippen molar-refractivity contribution in [3.63, 3.8) is 0 Å². The maximum Gasteiger partial charge on any atom is 0.337 e. The topological polar surface area (TPSA) is 50.4 Å². The molecule has 1 atom stereocenters. The van der Waals surface area contributed by atoms with Crippen LogP contribution < -0.4 is 5.63 Å². The van der Waals surface area contributed by atoms with Crippen LogP contribution in [0.4, 0.5) is 0 Å². The van der Waals surface area contributed by atoms with E-state index in [0.29, 0.717) is 10.8 Å². The number of rotatable bonds is 6. The summed E-state index contributed by atoms with van der Waals surface area (Å²) in [6, 6.07) is 9.11. The molecule has 1 aromatic heterocycles. The third-order valence-electron chi connectivity index (χ3n) is 2.97. The minimum absolute atomic E-state index is 0.178. The second kappa shape index (κ2) is 6.78. The Hall–Kier alpha value is -1.26. The summed E-state index contributed by atoms with van der Waals surface area (Å²) in [5.74, 6) is 0. The van der Waals surface area contributed by atoms with Crippen molar-refractivity contribution in [2.24, 2.45) is 0 Å². The Balaban J connectivity index is 2.35. The number of para-hydroxylation sites is 1. The first-order chi connectivity index (χ1) is 9.24. The van der Waals surface area contributed by atoms with Crippen molar-refractivity contribution in [3.8, 4) is 0 Å². The molecule has 1 heterocycles. The quantitative estimate of drug-likeness (QED) is 0.649. The van der Waals surface area contributed by atoms with Crippen molar-refractivity contribution in [2.75, 3.05) is 6.61 Å². The first kappa shape index (κ1) is 14.2. The molecule has 0 aliphatic rings. The van der Waals surface area contributed by atoms with Crippen LogP contribution in [0.15, 0.2) is 44.4 Å². The molecule has 0 spiro atoms. The molecule has 0 aliphatic carbocycles. The fourth-order valence-corrected chi connectivity index (χ4v) is 3.48. The van der Waals surface area contributed by atoms with Crippen molar-refractivity contribution in [1.82, 2.24) is 0 Å². The average Bonchev–Trinajstić information content (AvgIpc) is 2.39. The third-order valence-corrected chi connectivity index (χ3v) is 4.36. The molecule has 1 aromatic carbocycles. The Bertz CT molecular complexity index is 585. The molecule has 2 aromatic rings. The monoisotopic (exact) mass is 278 g/mol. The van der Waals surface area contributed by atoms with Gasteiger partial charge < -0.3 is 9.52 Å². The van der Waals surface area contributed by atoms with Crippen LogP contribution in [0.3, 0.4) is 0 Å². The predicted octanol–water partition coefficient (Wildman–Crippen LogP) is 3.44. The molecule has 19 heavy (non-hydrogen) atoms. The molecule has 0 amide bonds. The predicted molar refractivity (Wildman–Crippen MR) is 78.7 cm³/mol. The van der Waals surface area contributed by atoms with Gasteiger partial charge in [-0.05, 0) is 18.9 Å². The van der Waals surface area contributed by atoms with Crippen LogP contribution >= 0.6 is 11.8 Å². The largest absolute Gasteiger partial charge is 0.423 e. The van der Waals surface area contributed by atoms with E-state index in [1.807, 2.05) is 24.3 Å². The smallest absolute Gasteiger partial charge is 0.337 e. The second-order valence-corrected chi connectivity index (χ2v) is 5.81. The van der Waals surface area contributed by atoms with Crippen molar-refractivity contribution in [3.05, 3.63) is 40.8 Å². The molecule has 3 nitrogen and oxygen atoms in total. The molecule has 0 saturated carbocycles. The number of hydrogen-bond donors (Lipinski definition) is 1. The fraction of sp³-hybridized carbons (Fsp3) is 0.400. The molecule has 102 valence electrons. The van der Waals surface area contributed by atoms with E-state index in [9.17, 15) is 4.79 Å². The van der Waals surface area contributed by atoms with Gasteiger partial charge in [0.1, 0.15) is 5.58 Å². The highest BCUT2D eigenvalue weighted by atomic mass is 32.2. The Morgan fingerprint density at radius 3 is 2.84 bits per heavy atom. The van der Waals surface area contributed by atoms with Gasteiger partial charge in [-0.2, -0.15) is 0 Å². The number of thioether (sulfide) groups is 1. The Morgan fingerprint density at radius 2 is 2.11 bits per heavy atom. The van der Waals surface area contributed by atoms with Gasteiger partial charge in [0.25, 0.3) is 0 Å². The van der Waals surface area contributed by atoms with Crippen molar-refractivity contribution < 1.29 is 9.52 Å². The minimum Gasteiger partial charge on any atom is -0.423 e. The summed E-state index contributed by atoms with van der Waals surface area (Å²) in [7, 11) is 0. The van der Waals surface area contributed by atoms with Crippen LogP contribution in [0.1, 0.15) is 26.2 Å². The maximum atomic E-state index is 11.6. The van der Waals surface area contributed by atoms with Crippen LogP contribution in [0.2, 0.25) is 0 Å². The third kappa shape index (κ3) is 3.61. The summed E-state index contributed by atoms with van der Waals surface area (Å²) in [6.07, 6.45) is 2.84. The van der Waals surface area contributed by atoms with Crippen molar-refractivity contribution in [2.45, 2.75) is 36.3 Å². The van der Waals surface area contributed by atoms with Crippen LogP contribution in [-0.4, -0.2) is 17.0 Å². The molecular formula is C15H18O3S. The summed E-state index contributed by atoms with van der Waals surface area (Å²) in [5.41, 5.74) is 0.303. The van der Waals surface area contributed by atoms with Gasteiger partial charge in [-0.3, -0.25) is 0 Å². The lowest BCUT2D eigenvalue weighted by Gasteiger charge is -2.15. The fourth-order valence-electron chi connectivity index (χ4n) is 2.09. The number of benzene rings is 1. The van der Waals surface area contributed by atoms with E-state index in [-0.39, 0.29) is 12.2 Å². The molecule has 0 radical (unpaired) electrons. The van der Waals surface area contributed by atoms with Gasteiger partial charge >= 0.3 is 5.63 Å². The van der Waals surface area contributed by atoms with Gasteiger partial charge in [-0.15, -0.1) is 11.8 Å². The SMILES string of the molecule is CCCC(CCO)Sc1cc(=O)oc2ccccc12. The summed E-state index contributed by atoms with van der Waals surface area (Å²) >= 11 is 1.66. The molecular weight excluding hydrogens is 260 g/mol. The van der Waals surface area contributed by atoms with Crippen LogP contribution in [0, 0.1) is 0 Å². The first-order valence-electron chi connectivity index (χ1n) is 6.55. The lowest BCUT2D eigenvalue weighted by Crippen LogP contribution is -2.06. The molecule has 1 unspecified atom stereocenters. The first-order valence-corrected chi connectivity index (χ1v) is 7.43.